The van der Waals surface area contributed by atoms with Crippen LogP contribution in [0.1, 0.15) is 38.0 Å². The van der Waals surface area contributed by atoms with Gasteiger partial charge in [-0.3, -0.25) is 0 Å². The molecule has 2 aromatic rings. The topological polar surface area (TPSA) is 27.1 Å². The number of fused-ring (bicyclic) bond motifs is 1. The Kier molecular flexibility index (Phi) is 4.33. The Morgan fingerprint density at radius 2 is 2.38 bits per heavy atom. The lowest BCUT2D eigenvalue weighted by molar-refractivity contribution is -0.0366. The Balaban J connectivity index is 2.13. The fourth-order valence-corrected chi connectivity index (χ4v) is 3.61. The second-order valence-corrected chi connectivity index (χ2v) is 6.36. The monoisotopic (exact) mass is 372 g/mol. The molecule has 0 radical (unpaired) electrons. The van der Waals surface area contributed by atoms with E-state index < -0.39 is 0 Å². The number of aromatic nitrogens is 2. The van der Waals surface area contributed by atoms with Gasteiger partial charge in [0.2, 0.25) is 0 Å². The van der Waals surface area contributed by atoms with Crippen molar-refractivity contribution in [1.29, 1.82) is 0 Å². The van der Waals surface area contributed by atoms with Crippen molar-refractivity contribution >= 4 is 44.5 Å². The van der Waals surface area contributed by atoms with Crippen molar-refractivity contribution < 1.29 is 9.13 Å². The first-order chi connectivity index (χ1) is 10.1. The van der Waals surface area contributed by atoms with Crippen molar-refractivity contribution in [2.75, 3.05) is 6.61 Å². The highest BCUT2D eigenvalue weighted by molar-refractivity contribution is 9.10. The maximum atomic E-state index is 13.2. The lowest BCUT2D eigenvalue weighted by Gasteiger charge is -2.23. The summed E-state index contributed by atoms with van der Waals surface area (Å²) in [5, 5.41) is 5.82. The van der Waals surface area contributed by atoms with Crippen molar-refractivity contribution in [3.05, 3.63) is 33.1 Å². The number of benzene rings is 1. The maximum Gasteiger partial charge on any atom is 0.150 e. The first-order valence-electron chi connectivity index (χ1n) is 6.88. The van der Waals surface area contributed by atoms with Crippen LogP contribution in [0.5, 0.6) is 0 Å². The third-order valence-electron chi connectivity index (χ3n) is 3.60. The minimum Gasteiger partial charge on any atom is -0.356 e. The van der Waals surface area contributed by atoms with Gasteiger partial charge in [0.25, 0.3) is 0 Å². The zero-order valence-corrected chi connectivity index (χ0v) is 13.9. The Morgan fingerprint density at radius 1 is 1.57 bits per heavy atom. The molecule has 3 nitrogen and oxygen atoms in total. The van der Waals surface area contributed by atoms with E-state index in [1.807, 2.05) is 10.7 Å². The van der Waals surface area contributed by atoms with E-state index in [4.69, 9.17) is 16.3 Å². The molecule has 1 saturated heterocycles. The Hall–Kier alpha value is -0.910. The molecule has 1 atom stereocenters. The Morgan fingerprint density at radius 3 is 3.05 bits per heavy atom. The van der Waals surface area contributed by atoms with Gasteiger partial charge < -0.3 is 4.74 Å². The van der Waals surface area contributed by atoms with Crippen molar-refractivity contribution in [3.8, 4) is 0 Å². The van der Waals surface area contributed by atoms with Gasteiger partial charge in [0.1, 0.15) is 0 Å². The molecular formula is C15H15BrClFN2O. The van der Waals surface area contributed by atoms with E-state index in [0.717, 1.165) is 41.2 Å². The predicted octanol–water partition coefficient (Wildman–Crippen LogP) is 5.48. The molecule has 0 amide bonds. The summed E-state index contributed by atoms with van der Waals surface area (Å²) in [6.07, 6.45) is 6.28. The molecular weight excluding hydrogens is 359 g/mol. The molecule has 0 N–H and O–H groups in total. The quantitative estimate of drug-likeness (QED) is 0.697. The normalized spacial score (nSPS) is 20.2. The maximum absolute atomic E-state index is 13.2. The molecule has 1 aromatic heterocycles. The van der Waals surface area contributed by atoms with Gasteiger partial charge in [-0.25, -0.2) is 9.07 Å². The van der Waals surface area contributed by atoms with Gasteiger partial charge in [-0.1, -0.05) is 11.6 Å². The average molecular weight is 374 g/mol. The van der Waals surface area contributed by atoms with Crippen molar-refractivity contribution in [2.45, 2.75) is 32.4 Å². The smallest absolute Gasteiger partial charge is 0.150 e. The fourth-order valence-electron chi connectivity index (χ4n) is 2.61. The zero-order chi connectivity index (χ0) is 15.0. The molecule has 1 fully saturated rings. The molecule has 1 unspecified atom stereocenters. The highest BCUT2D eigenvalue weighted by atomic mass is 79.9. The fraction of sp³-hybridized carbons (Fsp3) is 0.400. The summed E-state index contributed by atoms with van der Waals surface area (Å²) < 4.78 is 21.6. The van der Waals surface area contributed by atoms with Crippen LogP contribution in [-0.2, 0) is 4.74 Å². The van der Waals surface area contributed by atoms with Gasteiger partial charge in [-0.05, 0) is 54.3 Å². The van der Waals surface area contributed by atoms with Gasteiger partial charge in [-0.2, -0.15) is 5.10 Å². The lowest BCUT2D eigenvalue weighted by Crippen LogP contribution is -2.18. The molecule has 2 heterocycles. The van der Waals surface area contributed by atoms with E-state index >= 15 is 0 Å². The van der Waals surface area contributed by atoms with Crippen LogP contribution in [0, 0.1) is 0 Å². The molecule has 0 spiro atoms. The van der Waals surface area contributed by atoms with Crippen LogP contribution in [-0.4, -0.2) is 16.4 Å². The molecule has 112 valence electrons. The number of ether oxygens (including phenoxy) is 1. The molecule has 1 aliphatic heterocycles. The molecule has 0 bridgehead atoms. The van der Waals surface area contributed by atoms with Crippen molar-refractivity contribution in [3.63, 3.8) is 0 Å². The zero-order valence-electron chi connectivity index (χ0n) is 11.6. The van der Waals surface area contributed by atoms with Crippen LogP contribution in [0.2, 0.25) is 5.02 Å². The first-order valence-corrected chi connectivity index (χ1v) is 8.05. The molecule has 21 heavy (non-hydrogen) atoms. The SMILES string of the molecule is CC(F)=Cc1c(Cl)cc2c(cnn2C2CCCCO2)c1Br. The summed E-state index contributed by atoms with van der Waals surface area (Å²) in [6.45, 7) is 2.15. The largest absolute Gasteiger partial charge is 0.356 e. The lowest BCUT2D eigenvalue weighted by atomic mass is 10.1. The number of halogens is 3. The third kappa shape index (κ3) is 2.87. The van der Waals surface area contributed by atoms with Crippen LogP contribution < -0.4 is 0 Å². The standard InChI is InChI=1S/C15H15BrClFN2O/c1-9(18)6-10-12(17)7-13-11(15(10)16)8-19-20(13)14-4-2-3-5-21-14/h6-8,14H,2-5H2,1H3. The van der Waals surface area contributed by atoms with E-state index in [2.05, 4.69) is 21.0 Å². The van der Waals surface area contributed by atoms with E-state index in [1.165, 1.54) is 13.0 Å². The molecule has 1 aromatic carbocycles. The summed E-state index contributed by atoms with van der Waals surface area (Å²) in [7, 11) is 0. The van der Waals surface area contributed by atoms with Gasteiger partial charge in [0.05, 0.1) is 22.6 Å². The molecule has 0 aliphatic carbocycles. The van der Waals surface area contributed by atoms with E-state index in [9.17, 15) is 4.39 Å². The third-order valence-corrected chi connectivity index (χ3v) is 4.77. The number of nitrogens with zero attached hydrogens (tertiary/aromatic N) is 2. The highest BCUT2D eigenvalue weighted by Crippen LogP contribution is 2.37. The molecule has 0 saturated carbocycles. The van der Waals surface area contributed by atoms with Crippen LogP contribution >= 0.6 is 27.5 Å². The second kappa shape index (κ2) is 6.07. The first kappa shape index (κ1) is 15.0. The van der Waals surface area contributed by atoms with Crippen molar-refractivity contribution in [2.24, 2.45) is 0 Å². The second-order valence-electron chi connectivity index (χ2n) is 5.16. The van der Waals surface area contributed by atoms with Crippen LogP contribution in [0.3, 0.4) is 0 Å². The van der Waals surface area contributed by atoms with Crippen LogP contribution in [0.15, 0.2) is 22.6 Å². The van der Waals surface area contributed by atoms with Gasteiger partial charge in [0.15, 0.2) is 6.23 Å². The highest BCUT2D eigenvalue weighted by Gasteiger charge is 2.20. The summed E-state index contributed by atoms with van der Waals surface area (Å²) >= 11 is 9.81. The van der Waals surface area contributed by atoms with E-state index in [1.54, 1.807) is 6.20 Å². The number of rotatable bonds is 2. The molecule has 1 aliphatic rings. The molecule has 3 rings (SSSR count). The van der Waals surface area contributed by atoms with Gasteiger partial charge in [0, 0.05) is 22.0 Å². The van der Waals surface area contributed by atoms with Crippen LogP contribution in [0.4, 0.5) is 4.39 Å². The summed E-state index contributed by atoms with van der Waals surface area (Å²) in [5.74, 6) is -0.292. The van der Waals surface area contributed by atoms with Crippen molar-refractivity contribution in [1.82, 2.24) is 9.78 Å². The Labute approximate surface area is 135 Å². The minimum atomic E-state index is -0.292. The number of hydrogen-bond acceptors (Lipinski definition) is 2. The van der Waals surface area contributed by atoms with Gasteiger partial charge in [-0.15, -0.1) is 0 Å². The Bertz CT molecular complexity index is 703. The van der Waals surface area contributed by atoms with E-state index in [-0.39, 0.29) is 12.1 Å². The summed E-state index contributed by atoms with van der Waals surface area (Å²) in [4.78, 5) is 0. The predicted molar refractivity (Wildman–Crippen MR) is 86.0 cm³/mol. The number of allylic oxidation sites excluding steroid dienone is 1. The number of hydrogen-bond donors (Lipinski definition) is 0. The molecule has 6 heteroatoms. The average Bonchev–Trinajstić information content (AvgIpc) is 2.88. The minimum absolute atomic E-state index is 0.0523. The van der Waals surface area contributed by atoms with E-state index in [0.29, 0.717) is 10.6 Å². The van der Waals surface area contributed by atoms with Gasteiger partial charge >= 0.3 is 0 Å². The summed E-state index contributed by atoms with van der Waals surface area (Å²) in [5.41, 5.74) is 1.53. The summed E-state index contributed by atoms with van der Waals surface area (Å²) in [6, 6.07) is 1.82. The van der Waals surface area contributed by atoms with Crippen LogP contribution in [0.25, 0.3) is 17.0 Å².